The molecule has 0 aliphatic rings. The molecule has 0 spiro atoms. The number of rotatable bonds is 5. The van der Waals surface area contributed by atoms with Gasteiger partial charge in [-0.25, -0.2) is 0 Å². The van der Waals surface area contributed by atoms with Crippen molar-refractivity contribution in [2.45, 2.75) is 18.7 Å². The summed E-state index contributed by atoms with van der Waals surface area (Å²) in [5.41, 5.74) is 0. The Labute approximate surface area is 91.6 Å². The van der Waals surface area contributed by atoms with Crippen LogP contribution in [-0.2, 0) is 6.54 Å². The van der Waals surface area contributed by atoms with Crippen LogP contribution in [0.25, 0.3) is 0 Å². The maximum absolute atomic E-state index is 5.35. The SMILES string of the molecule is CSC(C)CNCc1ccc(Br)o1. The monoisotopic (exact) mass is 263 g/mol. The van der Waals surface area contributed by atoms with Crippen LogP contribution >= 0.6 is 27.7 Å². The highest BCUT2D eigenvalue weighted by atomic mass is 79.9. The Bertz CT molecular complexity index is 252. The van der Waals surface area contributed by atoms with E-state index < -0.39 is 0 Å². The molecule has 1 aromatic rings. The van der Waals surface area contributed by atoms with Gasteiger partial charge in [0.15, 0.2) is 4.67 Å². The molecular formula is C9H14BrNOS. The second-order valence-electron chi connectivity index (χ2n) is 2.88. The molecule has 0 aromatic carbocycles. The minimum Gasteiger partial charge on any atom is -0.453 e. The molecule has 0 radical (unpaired) electrons. The zero-order valence-electron chi connectivity index (χ0n) is 7.84. The summed E-state index contributed by atoms with van der Waals surface area (Å²) in [6.45, 7) is 4.02. The highest BCUT2D eigenvalue weighted by Gasteiger charge is 2.01. The summed E-state index contributed by atoms with van der Waals surface area (Å²) >= 11 is 5.13. The third-order valence-corrected chi connectivity index (χ3v) is 3.16. The Morgan fingerprint density at radius 3 is 2.92 bits per heavy atom. The molecule has 0 amide bonds. The topological polar surface area (TPSA) is 25.2 Å². The lowest BCUT2D eigenvalue weighted by molar-refractivity contribution is 0.466. The first-order chi connectivity index (χ1) is 6.22. The summed E-state index contributed by atoms with van der Waals surface area (Å²) in [6.07, 6.45) is 2.12. The minimum absolute atomic E-state index is 0.651. The van der Waals surface area contributed by atoms with Crippen molar-refractivity contribution in [2.24, 2.45) is 0 Å². The van der Waals surface area contributed by atoms with Crippen LogP contribution in [0.1, 0.15) is 12.7 Å². The van der Waals surface area contributed by atoms with Gasteiger partial charge < -0.3 is 9.73 Å². The van der Waals surface area contributed by atoms with Crippen molar-refractivity contribution in [3.8, 4) is 0 Å². The van der Waals surface area contributed by atoms with Crippen molar-refractivity contribution in [1.82, 2.24) is 5.32 Å². The Morgan fingerprint density at radius 1 is 1.62 bits per heavy atom. The largest absolute Gasteiger partial charge is 0.453 e. The number of thioether (sulfide) groups is 1. The van der Waals surface area contributed by atoms with Crippen molar-refractivity contribution in [1.29, 1.82) is 0 Å². The second-order valence-corrected chi connectivity index (χ2v) is 4.94. The Morgan fingerprint density at radius 2 is 2.38 bits per heavy atom. The van der Waals surface area contributed by atoms with Crippen molar-refractivity contribution in [2.75, 3.05) is 12.8 Å². The standard InChI is InChI=1S/C9H14BrNOS/c1-7(13-2)5-11-6-8-3-4-9(10)12-8/h3-4,7,11H,5-6H2,1-2H3. The van der Waals surface area contributed by atoms with Crippen molar-refractivity contribution in [3.63, 3.8) is 0 Å². The quantitative estimate of drug-likeness (QED) is 0.885. The fourth-order valence-electron chi connectivity index (χ4n) is 0.929. The van der Waals surface area contributed by atoms with Crippen LogP contribution in [0.5, 0.6) is 0 Å². The summed E-state index contributed by atoms with van der Waals surface area (Å²) in [7, 11) is 0. The average molecular weight is 264 g/mol. The van der Waals surface area contributed by atoms with Gasteiger partial charge in [0, 0.05) is 11.8 Å². The molecule has 2 nitrogen and oxygen atoms in total. The van der Waals surface area contributed by atoms with Gasteiger partial charge in [0.05, 0.1) is 6.54 Å². The fraction of sp³-hybridized carbons (Fsp3) is 0.556. The van der Waals surface area contributed by atoms with Gasteiger partial charge in [-0.3, -0.25) is 0 Å². The van der Waals surface area contributed by atoms with Crippen LogP contribution in [0, 0.1) is 0 Å². The van der Waals surface area contributed by atoms with Gasteiger partial charge in [0.2, 0.25) is 0 Å². The average Bonchev–Trinajstić information content (AvgIpc) is 2.51. The molecule has 0 fully saturated rings. The normalized spacial score (nSPS) is 13.2. The molecule has 0 saturated carbocycles. The molecule has 1 atom stereocenters. The molecule has 1 rings (SSSR count). The van der Waals surface area contributed by atoms with Crippen LogP contribution < -0.4 is 5.32 Å². The van der Waals surface area contributed by atoms with E-state index >= 15 is 0 Å². The molecule has 1 aromatic heterocycles. The van der Waals surface area contributed by atoms with E-state index in [9.17, 15) is 0 Å². The molecular weight excluding hydrogens is 250 g/mol. The first-order valence-electron chi connectivity index (χ1n) is 4.20. The molecule has 0 aliphatic heterocycles. The minimum atomic E-state index is 0.651. The Hall–Kier alpha value is 0.0700. The first-order valence-corrected chi connectivity index (χ1v) is 6.28. The van der Waals surface area contributed by atoms with Crippen LogP contribution in [0.3, 0.4) is 0 Å². The van der Waals surface area contributed by atoms with Gasteiger partial charge in [0.25, 0.3) is 0 Å². The van der Waals surface area contributed by atoms with E-state index in [1.165, 1.54) is 0 Å². The zero-order chi connectivity index (χ0) is 9.68. The van der Waals surface area contributed by atoms with Gasteiger partial charge >= 0.3 is 0 Å². The third-order valence-electron chi connectivity index (χ3n) is 1.76. The molecule has 0 aliphatic carbocycles. The first kappa shape index (κ1) is 11.1. The van der Waals surface area contributed by atoms with Gasteiger partial charge in [0.1, 0.15) is 5.76 Å². The number of halogens is 1. The molecule has 1 unspecified atom stereocenters. The Kier molecular flexibility index (Phi) is 4.91. The lowest BCUT2D eigenvalue weighted by Gasteiger charge is -2.07. The van der Waals surface area contributed by atoms with E-state index in [1.54, 1.807) is 0 Å². The predicted octanol–water partition coefficient (Wildman–Crippen LogP) is 2.88. The smallest absolute Gasteiger partial charge is 0.169 e. The zero-order valence-corrected chi connectivity index (χ0v) is 10.2. The fourth-order valence-corrected chi connectivity index (χ4v) is 1.55. The van der Waals surface area contributed by atoms with E-state index in [-0.39, 0.29) is 0 Å². The third kappa shape index (κ3) is 4.20. The second kappa shape index (κ2) is 5.73. The van der Waals surface area contributed by atoms with E-state index in [1.807, 2.05) is 23.9 Å². The summed E-state index contributed by atoms with van der Waals surface area (Å²) in [5, 5.41) is 3.98. The lowest BCUT2D eigenvalue weighted by Crippen LogP contribution is -2.21. The summed E-state index contributed by atoms with van der Waals surface area (Å²) in [5.74, 6) is 0.972. The predicted molar refractivity (Wildman–Crippen MR) is 61.1 cm³/mol. The summed E-state index contributed by atoms with van der Waals surface area (Å²) in [4.78, 5) is 0. The van der Waals surface area contributed by atoms with Crippen LogP contribution in [0.4, 0.5) is 0 Å². The Balaban J connectivity index is 2.20. The van der Waals surface area contributed by atoms with Crippen LogP contribution in [-0.4, -0.2) is 18.1 Å². The maximum atomic E-state index is 5.35. The van der Waals surface area contributed by atoms with E-state index in [0.717, 1.165) is 23.5 Å². The summed E-state index contributed by atoms with van der Waals surface area (Å²) in [6, 6.07) is 3.88. The highest BCUT2D eigenvalue weighted by Crippen LogP contribution is 2.13. The molecule has 0 saturated heterocycles. The molecule has 4 heteroatoms. The summed E-state index contributed by atoms with van der Waals surface area (Å²) < 4.78 is 6.14. The number of nitrogens with one attached hydrogen (secondary N) is 1. The van der Waals surface area contributed by atoms with E-state index in [4.69, 9.17) is 4.42 Å². The maximum Gasteiger partial charge on any atom is 0.169 e. The van der Waals surface area contributed by atoms with Gasteiger partial charge in [-0.1, -0.05) is 6.92 Å². The number of hydrogen-bond donors (Lipinski definition) is 1. The van der Waals surface area contributed by atoms with Gasteiger partial charge in [-0.2, -0.15) is 11.8 Å². The van der Waals surface area contributed by atoms with Gasteiger partial charge in [-0.05, 0) is 34.3 Å². The van der Waals surface area contributed by atoms with E-state index in [2.05, 4.69) is 34.4 Å². The van der Waals surface area contributed by atoms with Crippen molar-refractivity contribution < 1.29 is 4.42 Å². The molecule has 0 bridgehead atoms. The van der Waals surface area contributed by atoms with Crippen LogP contribution in [0.15, 0.2) is 21.2 Å². The molecule has 1 heterocycles. The number of furan rings is 1. The van der Waals surface area contributed by atoms with Gasteiger partial charge in [-0.15, -0.1) is 0 Å². The highest BCUT2D eigenvalue weighted by molar-refractivity contribution is 9.10. The number of hydrogen-bond acceptors (Lipinski definition) is 3. The van der Waals surface area contributed by atoms with Crippen LogP contribution in [0.2, 0.25) is 0 Å². The molecule has 13 heavy (non-hydrogen) atoms. The lowest BCUT2D eigenvalue weighted by atomic mass is 10.4. The molecule has 1 N–H and O–H groups in total. The van der Waals surface area contributed by atoms with Crippen molar-refractivity contribution in [3.05, 3.63) is 22.6 Å². The van der Waals surface area contributed by atoms with Crippen molar-refractivity contribution >= 4 is 27.7 Å². The van der Waals surface area contributed by atoms with E-state index in [0.29, 0.717) is 5.25 Å². The molecule has 74 valence electrons.